The Labute approximate surface area is 161 Å². The highest BCUT2D eigenvalue weighted by molar-refractivity contribution is 6.32. The summed E-state index contributed by atoms with van der Waals surface area (Å²) in [5.74, 6) is 0.404. The number of nitrogens with zero attached hydrogens (tertiary/aromatic N) is 1. The van der Waals surface area contributed by atoms with Crippen molar-refractivity contribution >= 4 is 11.6 Å². The Bertz CT molecular complexity index is 1290. The van der Waals surface area contributed by atoms with Gasteiger partial charge in [0.25, 0.3) is 0 Å². The molecule has 0 spiro atoms. The van der Waals surface area contributed by atoms with Crippen LogP contribution in [-0.2, 0) is 13.0 Å². The van der Waals surface area contributed by atoms with Gasteiger partial charge < -0.3 is 8.98 Å². The van der Waals surface area contributed by atoms with E-state index in [4.69, 9.17) is 4.42 Å². The predicted molar refractivity (Wildman–Crippen MR) is 105 cm³/mol. The van der Waals surface area contributed by atoms with Crippen LogP contribution in [0.3, 0.4) is 0 Å². The maximum absolute atomic E-state index is 13.5. The number of rotatable bonds is 1. The molecular weight excluding hydrogens is 350 g/mol. The number of furan rings is 1. The molecule has 1 aliphatic carbocycles. The molecule has 4 aromatic rings. The molecule has 2 aromatic carbocycles. The Hall–Kier alpha value is -3.66. The van der Waals surface area contributed by atoms with Gasteiger partial charge in [0.2, 0.25) is 0 Å². The van der Waals surface area contributed by atoms with Crippen molar-refractivity contribution in [3.8, 4) is 22.7 Å². The minimum Gasteiger partial charge on any atom is -0.463 e. The average Bonchev–Trinajstić information content (AvgIpc) is 3.38. The largest absolute Gasteiger partial charge is 0.463 e. The third-order valence-corrected chi connectivity index (χ3v) is 5.77. The van der Waals surface area contributed by atoms with Crippen LogP contribution in [0.25, 0.3) is 22.7 Å². The van der Waals surface area contributed by atoms with Gasteiger partial charge in [-0.3, -0.25) is 9.59 Å². The first-order chi connectivity index (χ1) is 13.8. The second-order valence-corrected chi connectivity index (χ2v) is 7.19. The highest BCUT2D eigenvalue weighted by Gasteiger charge is 2.40. The monoisotopic (exact) mass is 365 g/mol. The molecule has 4 nitrogen and oxygen atoms in total. The third kappa shape index (κ3) is 1.84. The van der Waals surface area contributed by atoms with Gasteiger partial charge in [-0.25, -0.2) is 0 Å². The fraction of sp³-hybridized carbons (Fsp3) is 0.0833. The van der Waals surface area contributed by atoms with Gasteiger partial charge in [-0.05, 0) is 24.1 Å². The minimum atomic E-state index is -0.115. The Kier molecular flexibility index (Phi) is 2.98. The summed E-state index contributed by atoms with van der Waals surface area (Å²) < 4.78 is 7.78. The van der Waals surface area contributed by atoms with E-state index in [-0.39, 0.29) is 11.6 Å². The van der Waals surface area contributed by atoms with E-state index in [2.05, 4.69) is 10.6 Å². The zero-order chi connectivity index (χ0) is 18.8. The summed E-state index contributed by atoms with van der Waals surface area (Å²) in [7, 11) is 0. The summed E-state index contributed by atoms with van der Waals surface area (Å²) in [4.78, 5) is 27.0. The molecule has 134 valence electrons. The van der Waals surface area contributed by atoms with E-state index in [1.807, 2.05) is 30.3 Å². The van der Waals surface area contributed by atoms with Gasteiger partial charge >= 0.3 is 0 Å². The lowest BCUT2D eigenvalue weighted by atomic mass is 9.82. The lowest BCUT2D eigenvalue weighted by molar-refractivity contribution is 0.0980. The first-order valence-electron chi connectivity index (χ1n) is 9.33. The van der Waals surface area contributed by atoms with E-state index in [0.29, 0.717) is 40.3 Å². The van der Waals surface area contributed by atoms with Crippen LogP contribution in [0.4, 0.5) is 0 Å². The van der Waals surface area contributed by atoms with Crippen LogP contribution < -0.4 is 0 Å². The Balaban J connectivity index is 1.77. The number of carbonyl (C=O) groups excluding carboxylic acids is 2. The number of benzene rings is 2. The molecule has 0 radical (unpaired) electrons. The number of aromatic nitrogens is 1. The van der Waals surface area contributed by atoms with E-state index in [9.17, 15) is 9.59 Å². The summed E-state index contributed by atoms with van der Waals surface area (Å²) in [5, 5.41) is 0. The van der Waals surface area contributed by atoms with E-state index in [0.717, 1.165) is 17.7 Å². The van der Waals surface area contributed by atoms with Gasteiger partial charge in [0.1, 0.15) is 0 Å². The number of hydrogen-bond donors (Lipinski definition) is 0. The molecule has 0 amide bonds. The summed E-state index contributed by atoms with van der Waals surface area (Å²) >= 11 is 0. The molecule has 2 aromatic heterocycles. The molecule has 1 aliphatic heterocycles. The SMILES string of the molecule is O=C1c2ccccc2C(=O)c2c1c(-c1ccco1)n1c2-c2ccccc2CC1. The van der Waals surface area contributed by atoms with E-state index in [1.54, 1.807) is 30.5 Å². The van der Waals surface area contributed by atoms with Crippen molar-refractivity contribution in [1.29, 1.82) is 0 Å². The summed E-state index contributed by atoms with van der Waals surface area (Å²) in [6.07, 6.45) is 2.45. The molecule has 0 fully saturated rings. The fourth-order valence-corrected chi connectivity index (χ4v) is 4.58. The summed E-state index contributed by atoms with van der Waals surface area (Å²) in [5.41, 5.74) is 5.65. The molecule has 4 heteroatoms. The van der Waals surface area contributed by atoms with Crippen molar-refractivity contribution in [3.05, 3.63) is 94.7 Å². The molecule has 0 unspecified atom stereocenters. The predicted octanol–water partition coefficient (Wildman–Crippen LogP) is 4.75. The quantitative estimate of drug-likeness (QED) is 0.431. The molecule has 0 N–H and O–H groups in total. The first kappa shape index (κ1) is 15.4. The Morgan fingerprint density at radius 2 is 1.36 bits per heavy atom. The lowest BCUT2D eigenvalue weighted by Gasteiger charge is -2.22. The van der Waals surface area contributed by atoms with Gasteiger partial charge in [-0.2, -0.15) is 0 Å². The summed E-state index contributed by atoms with van der Waals surface area (Å²) in [6.45, 7) is 0.701. The van der Waals surface area contributed by atoms with Crippen LogP contribution in [0.1, 0.15) is 37.4 Å². The second kappa shape index (κ2) is 5.42. The zero-order valence-corrected chi connectivity index (χ0v) is 14.9. The number of aryl methyl sites for hydroxylation is 1. The van der Waals surface area contributed by atoms with Gasteiger partial charge in [0.15, 0.2) is 17.3 Å². The number of carbonyl (C=O) groups is 2. The topological polar surface area (TPSA) is 52.2 Å². The fourth-order valence-electron chi connectivity index (χ4n) is 4.58. The van der Waals surface area contributed by atoms with Crippen molar-refractivity contribution in [2.24, 2.45) is 0 Å². The van der Waals surface area contributed by atoms with E-state index < -0.39 is 0 Å². The number of ketones is 2. The van der Waals surface area contributed by atoms with Crippen molar-refractivity contribution in [2.75, 3.05) is 0 Å². The highest BCUT2D eigenvalue weighted by atomic mass is 16.3. The molecule has 3 heterocycles. The van der Waals surface area contributed by atoms with Gasteiger partial charge in [0, 0.05) is 23.2 Å². The van der Waals surface area contributed by atoms with E-state index >= 15 is 0 Å². The molecule has 2 aliphatic rings. The molecular formula is C24H15NO3. The van der Waals surface area contributed by atoms with Crippen LogP contribution in [0.15, 0.2) is 71.3 Å². The maximum atomic E-state index is 13.5. The van der Waals surface area contributed by atoms with Crippen molar-refractivity contribution in [2.45, 2.75) is 13.0 Å². The molecule has 0 saturated heterocycles. The second-order valence-electron chi connectivity index (χ2n) is 7.19. The number of hydrogen-bond acceptors (Lipinski definition) is 3. The smallest absolute Gasteiger partial charge is 0.196 e. The highest BCUT2D eigenvalue weighted by Crippen LogP contribution is 2.45. The number of fused-ring (bicyclic) bond motifs is 6. The van der Waals surface area contributed by atoms with Crippen LogP contribution in [0.5, 0.6) is 0 Å². The molecule has 28 heavy (non-hydrogen) atoms. The van der Waals surface area contributed by atoms with Gasteiger partial charge in [0.05, 0.1) is 28.8 Å². The Morgan fingerprint density at radius 3 is 2.04 bits per heavy atom. The Morgan fingerprint density at radius 1 is 0.714 bits per heavy atom. The first-order valence-corrected chi connectivity index (χ1v) is 9.33. The zero-order valence-electron chi connectivity index (χ0n) is 14.9. The van der Waals surface area contributed by atoms with Gasteiger partial charge in [-0.1, -0.05) is 48.5 Å². The van der Waals surface area contributed by atoms with Crippen LogP contribution >= 0.6 is 0 Å². The van der Waals surface area contributed by atoms with Crippen LogP contribution in [0.2, 0.25) is 0 Å². The standard InChI is InChI=1S/C24H15NO3/c26-23-16-8-3-4-9-17(16)24(27)20-19(23)21-15-7-2-1-6-14(15)11-12-25(21)22(20)18-10-5-13-28-18/h1-10,13H,11-12H2. The van der Waals surface area contributed by atoms with Crippen LogP contribution in [-0.4, -0.2) is 16.1 Å². The van der Waals surface area contributed by atoms with Crippen molar-refractivity contribution < 1.29 is 14.0 Å². The molecule has 6 rings (SSSR count). The minimum absolute atomic E-state index is 0.0940. The summed E-state index contributed by atoms with van der Waals surface area (Å²) in [6, 6.07) is 18.8. The molecule has 0 atom stereocenters. The van der Waals surface area contributed by atoms with E-state index in [1.165, 1.54) is 5.56 Å². The normalized spacial score (nSPS) is 14.3. The van der Waals surface area contributed by atoms with Crippen molar-refractivity contribution in [1.82, 2.24) is 4.57 Å². The maximum Gasteiger partial charge on any atom is 0.196 e. The van der Waals surface area contributed by atoms with Gasteiger partial charge in [-0.15, -0.1) is 0 Å². The molecule has 0 bridgehead atoms. The third-order valence-electron chi connectivity index (χ3n) is 5.77. The molecule has 0 saturated carbocycles. The lowest BCUT2D eigenvalue weighted by Crippen LogP contribution is -2.20. The van der Waals surface area contributed by atoms with Crippen molar-refractivity contribution in [3.63, 3.8) is 0 Å². The average molecular weight is 365 g/mol. The van der Waals surface area contributed by atoms with Crippen LogP contribution in [0, 0.1) is 0 Å².